The first-order valence-electron chi connectivity index (χ1n) is 12.7. The number of carbonyl (C=O) groups is 2. The fourth-order valence-corrected chi connectivity index (χ4v) is 5.96. The number of aliphatic hydroxyl groups excluding tert-OH is 1. The molecular formula is C30H29N3O4S. The molecule has 5 rings (SSSR count). The van der Waals surface area contributed by atoms with Gasteiger partial charge >= 0.3 is 5.91 Å². The van der Waals surface area contributed by atoms with Crippen molar-refractivity contribution in [2.45, 2.75) is 46.1 Å². The lowest BCUT2D eigenvalue weighted by Gasteiger charge is -2.23. The molecule has 3 heterocycles. The second-order valence-corrected chi connectivity index (χ2v) is 10.5. The van der Waals surface area contributed by atoms with E-state index in [9.17, 15) is 14.7 Å². The highest BCUT2D eigenvalue weighted by molar-refractivity contribution is 7.22. The summed E-state index contributed by atoms with van der Waals surface area (Å²) in [5.74, 6) is -1.09. The van der Waals surface area contributed by atoms with Gasteiger partial charge < -0.3 is 9.84 Å². The molecule has 1 amide bonds. The molecule has 1 fully saturated rings. The van der Waals surface area contributed by atoms with Gasteiger partial charge in [0, 0.05) is 18.0 Å². The zero-order valence-electron chi connectivity index (χ0n) is 21.6. The number of benzene rings is 2. The van der Waals surface area contributed by atoms with Gasteiger partial charge in [-0.3, -0.25) is 19.5 Å². The molecule has 0 unspecified atom stereocenters. The van der Waals surface area contributed by atoms with Crippen LogP contribution in [0, 0.1) is 13.8 Å². The van der Waals surface area contributed by atoms with Gasteiger partial charge in [-0.15, -0.1) is 0 Å². The number of carbonyl (C=O) groups excluding carboxylic acids is 2. The van der Waals surface area contributed by atoms with E-state index in [0.717, 1.165) is 40.6 Å². The molecule has 1 aliphatic rings. The second kappa shape index (κ2) is 10.8. The van der Waals surface area contributed by atoms with Crippen LogP contribution >= 0.6 is 11.3 Å². The molecular weight excluding hydrogens is 498 g/mol. The monoisotopic (exact) mass is 527 g/mol. The maximum atomic E-state index is 13.5. The highest BCUT2D eigenvalue weighted by Gasteiger charge is 2.48. The minimum absolute atomic E-state index is 0.0106. The Hall–Kier alpha value is -4.04. The van der Waals surface area contributed by atoms with Crippen LogP contribution in [0.4, 0.5) is 5.13 Å². The number of aliphatic hydroxyl groups is 1. The van der Waals surface area contributed by atoms with E-state index in [1.54, 1.807) is 12.1 Å². The third-order valence-electron chi connectivity index (χ3n) is 6.61. The highest BCUT2D eigenvalue weighted by Crippen LogP contribution is 2.45. The van der Waals surface area contributed by atoms with Gasteiger partial charge in [-0.25, -0.2) is 4.98 Å². The van der Waals surface area contributed by atoms with Crippen LogP contribution in [0.15, 0.2) is 66.5 Å². The first-order valence-corrected chi connectivity index (χ1v) is 13.5. The van der Waals surface area contributed by atoms with E-state index in [2.05, 4.69) is 11.9 Å². The second-order valence-electron chi connectivity index (χ2n) is 9.46. The van der Waals surface area contributed by atoms with Gasteiger partial charge in [-0.05, 0) is 67.3 Å². The number of aryl methyl sites for hydroxylation is 2. The van der Waals surface area contributed by atoms with Gasteiger partial charge in [0.1, 0.15) is 11.5 Å². The number of Topliss-reactive ketones (excluding diaryl/α,β-unsaturated/α-hetero) is 1. The molecule has 0 spiro atoms. The van der Waals surface area contributed by atoms with Crippen molar-refractivity contribution in [2.24, 2.45) is 0 Å². The van der Waals surface area contributed by atoms with Crippen molar-refractivity contribution in [3.8, 4) is 5.75 Å². The molecule has 2 aromatic carbocycles. The normalized spacial score (nSPS) is 16.9. The number of ketones is 1. The lowest BCUT2D eigenvalue weighted by Crippen LogP contribution is -2.29. The number of amides is 1. The Morgan fingerprint density at radius 1 is 1.08 bits per heavy atom. The standard InChI is InChI=1S/C30H29N3O4S/c1-4-5-6-14-37-22-9-7-8-21(17-22)26-24(27(34)20-10-12-31-13-11-20)28(35)29(36)33(26)30-32-25-19(3)15-18(2)16-23(25)38-30/h7-13,15-17,26,34H,4-6,14H2,1-3H3/t26-/m1/s1. The van der Waals surface area contributed by atoms with E-state index in [4.69, 9.17) is 9.72 Å². The Balaban J connectivity index is 1.65. The smallest absolute Gasteiger partial charge is 0.301 e. The molecule has 4 aromatic rings. The Kier molecular flexibility index (Phi) is 7.24. The molecule has 2 aromatic heterocycles. The van der Waals surface area contributed by atoms with Gasteiger partial charge in [-0.2, -0.15) is 0 Å². The summed E-state index contributed by atoms with van der Waals surface area (Å²) < 4.78 is 6.90. The first kappa shape index (κ1) is 25.6. The van der Waals surface area contributed by atoms with Crippen molar-refractivity contribution in [1.29, 1.82) is 0 Å². The fourth-order valence-electron chi connectivity index (χ4n) is 4.79. The molecule has 194 valence electrons. The van der Waals surface area contributed by atoms with Crippen molar-refractivity contribution >= 4 is 44.1 Å². The minimum Gasteiger partial charge on any atom is -0.507 e. The number of anilines is 1. The van der Waals surface area contributed by atoms with Crippen LogP contribution in [0.25, 0.3) is 16.0 Å². The Bertz CT molecular complexity index is 1540. The molecule has 8 heteroatoms. The summed E-state index contributed by atoms with van der Waals surface area (Å²) in [6.07, 6.45) is 6.16. The maximum absolute atomic E-state index is 13.5. The number of nitrogens with zero attached hydrogens (tertiary/aromatic N) is 3. The Morgan fingerprint density at radius 3 is 2.63 bits per heavy atom. The highest BCUT2D eigenvalue weighted by atomic mass is 32.1. The average Bonchev–Trinajstić information content (AvgIpc) is 3.45. The van der Waals surface area contributed by atoms with Gasteiger partial charge in [0.25, 0.3) is 5.78 Å². The predicted molar refractivity (Wildman–Crippen MR) is 150 cm³/mol. The summed E-state index contributed by atoms with van der Waals surface area (Å²) in [6, 6.07) is 13.8. The van der Waals surface area contributed by atoms with Crippen LogP contribution < -0.4 is 9.64 Å². The summed E-state index contributed by atoms with van der Waals surface area (Å²) in [5, 5.41) is 11.7. The predicted octanol–water partition coefficient (Wildman–Crippen LogP) is 6.50. The summed E-state index contributed by atoms with van der Waals surface area (Å²) in [7, 11) is 0. The molecule has 1 aliphatic heterocycles. The third-order valence-corrected chi connectivity index (χ3v) is 7.61. The number of hydrogen-bond acceptors (Lipinski definition) is 7. The minimum atomic E-state index is -0.871. The number of pyridine rings is 1. The summed E-state index contributed by atoms with van der Waals surface area (Å²) in [6.45, 7) is 6.70. The summed E-state index contributed by atoms with van der Waals surface area (Å²) in [5.41, 5.74) is 3.95. The van der Waals surface area contributed by atoms with E-state index in [0.29, 0.717) is 28.6 Å². The van der Waals surface area contributed by atoms with E-state index < -0.39 is 17.7 Å². The van der Waals surface area contributed by atoms with Crippen LogP contribution in [-0.4, -0.2) is 33.4 Å². The van der Waals surface area contributed by atoms with Crippen LogP contribution in [0.3, 0.4) is 0 Å². The maximum Gasteiger partial charge on any atom is 0.301 e. The molecule has 7 nitrogen and oxygen atoms in total. The van der Waals surface area contributed by atoms with Crippen LogP contribution in [-0.2, 0) is 9.59 Å². The van der Waals surface area contributed by atoms with Gasteiger partial charge in [0.05, 0.1) is 28.4 Å². The number of hydrogen-bond donors (Lipinski definition) is 1. The van der Waals surface area contributed by atoms with Gasteiger partial charge in [-0.1, -0.05) is 49.3 Å². The zero-order valence-corrected chi connectivity index (χ0v) is 22.4. The van der Waals surface area contributed by atoms with Crippen molar-refractivity contribution in [2.75, 3.05) is 11.5 Å². The average molecular weight is 528 g/mol. The number of thiazole rings is 1. The van der Waals surface area contributed by atoms with Crippen molar-refractivity contribution in [3.63, 3.8) is 0 Å². The Morgan fingerprint density at radius 2 is 1.87 bits per heavy atom. The molecule has 0 radical (unpaired) electrons. The topological polar surface area (TPSA) is 92.6 Å². The molecule has 38 heavy (non-hydrogen) atoms. The van der Waals surface area contributed by atoms with E-state index in [1.807, 2.05) is 50.2 Å². The SMILES string of the molecule is CCCCCOc1cccc([C@@H]2C(=C(O)c3ccncc3)C(=O)C(=O)N2c2nc3c(C)cc(C)cc3s2)c1. The Labute approximate surface area is 225 Å². The number of fused-ring (bicyclic) bond motifs is 1. The lowest BCUT2D eigenvalue weighted by atomic mass is 9.95. The van der Waals surface area contributed by atoms with Crippen molar-refractivity contribution in [3.05, 3.63) is 88.8 Å². The lowest BCUT2D eigenvalue weighted by molar-refractivity contribution is -0.132. The summed E-state index contributed by atoms with van der Waals surface area (Å²) in [4.78, 5) is 37.2. The quantitative estimate of drug-likeness (QED) is 0.122. The van der Waals surface area contributed by atoms with E-state index >= 15 is 0 Å². The number of rotatable bonds is 8. The molecule has 0 saturated carbocycles. The largest absolute Gasteiger partial charge is 0.507 e. The summed E-state index contributed by atoms with van der Waals surface area (Å²) >= 11 is 1.36. The molecule has 1 saturated heterocycles. The van der Waals surface area contributed by atoms with E-state index in [-0.39, 0.29) is 11.3 Å². The van der Waals surface area contributed by atoms with Gasteiger partial charge in [0.15, 0.2) is 5.13 Å². The number of unbranched alkanes of at least 4 members (excludes halogenated alkanes) is 2. The third kappa shape index (κ3) is 4.79. The zero-order chi connectivity index (χ0) is 26.8. The van der Waals surface area contributed by atoms with Crippen LogP contribution in [0.1, 0.15) is 54.5 Å². The fraction of sp³-hybridized carbons (Fsp3) is 0.267. The number of ether oxygens (including phenoxy) is 1. The van der Waals surface area contributed by atoms with Crippen LogP contribution in [0.2, 0.25) is 0 Å². The first-order chi connectivity index (χ1) is 18.4. The van der Waals surface area contributed by atoms with Crippen molar-refractivity contribution in [1.82, 2.24) is 9.97 Å². The van der Waals surface area contributed by atoms with Crippen molar-refractivity contribution < 1.29 is 19.4 Å². The molecule has 0 bridgehead atoms. The number of aromatic nitrogens is 2. The molecule has 1 N–H and O–H groups in total. The molecule has 1 atom stereocenters. The van der Waals surface area contributed by atoms with E-state index in [1.165, 1.54) is 28.6 Å². The molecule has 0 aliphatic carbocycles. The van der Waals surface area contributed by atoms with Crippen LogP contribution in [0.5, 0.6) is 5.75 Å². The van der Waals surface area contributed by atoms with Gasteiger partial charge in [0.2, 0.25) is 0 Å².